The van der Waals surface area contributed by atoms with Crippen LogP contribution in [0.15, 0.2) is 24.3 Å². The van der Waals surface area contributed by atoms with Crippen molar-refractivity contribution >= 4 is 17.5 Å². The summed E-state index contributed by atoms with van der Waals surface area (Å²) < 4.78 is 0. The van der Waals surface area contributed by atoms with Crippen LogP contribution in [0.5, 0.6) is 0 Å². The number of likely N-dealkylation sites (tertiary alicyclic amines) is 1. The van der Waals surface area contributed by atoms with Crippen LogP contribution in [0.4, 0.5) is 5.69 Å². The van der Waals surface area contributed by atoms with Crippen LogP contribution in [0, 0.1) is 5.41 Å². The molecule has 3 rings (SSSR count). The average molecular weight is 286 g/mol. The number of nitrogens with zero attached hydrogens (tertiary/aromatic N) is 1. The Morgan fingerprint density at radius 1 is 1.33 bits per heavy atom. The molecule has 4 nitrogen and oxygen atoms in total. The van der Waals surface area contributed by atoms with Crippen molar-refractivity contribution in [3.8, 4) is 0 Å². The van der Waals surface area contributed by atoms with E-state index in [1.165, 1.54) is 0 Å². The van der Waals surface area contributed by atoms with Crippen LogP contribution in [0.2, 0.25) is 0 Å². The van der Waals surface area contributed by atoms with Crippen LogP contribution in [0.1, 0.15) is 39.2 Å². The molecule has 2 aliphatic heterocycles. The molecule has 0 bridgehead atoms. The maximum absolute atomic E-state index is 12.5. The van der Waals surface area contributed by atoms with Crippen molar-refractivity contribution in [2.45, 2.75) is 39.0 Å². The topological polar surface area (TPSA) is 49.4 Å². The highest BCUT2D eigenvalue weighted by molar-refractivity contribution is 6.07. The number of carbonyl (C=O) groups excluding carboxylic acids is 2. The van der Waals surface area contributed by atoms with Crippen LogP contribution >= 0.6 is 0 Å². The van der Waals surface area contributed by atoms with Crippen LogP contribution in [0.25, 0.3) is 0 Å². The van der Waals surface area contributed by atoms with Crippen LogP contribution in [-0.4, -0.2) is 29.8 Å². The second-order valence-electron chi connectivity index (χ2n) is 7.38. The molecule has 1 spiro atoms. The first-order valence-electron chi connectivity index (χ1n) is 7.51. The van der Waals surface area contributed by atoms with Gasteiger partial charge in [0, 0.05) is 25.2 Å². The molecule has 21 heavy (non-hydrogen) atoms. The van der Waals surface area contributed by atoms with E-state index in [0.29, 0.717) is 25.9 Å². The molecule has 4 heteroatoms. The third-order valence-corrected chi connectivity index (χ3v) is 4.43. The average Bonchev–Trinajstić information content (AvgIpc) is 2.93. The van der Waals surface area contributed by atoms with E-state index in [4.69, 9.17) is 0 Å². The van der Waals surface area contributed by atoms with Gasteiger partial charge in [0.2, 0.25) is 11.8 Å². The minimum absolute atomic E-state index is 0.0251. The van der Waals surface area contributed by atoms with Gasteiger partial charge in [0.25, 0.3) is 0 Å². The SMILES string of the molecule is CC(C)(C)CC(=O)N1CC[C@@]2(C1)C(=O)Nc1ccccc12. The number of hydrogen-bond acceptors (Lipinski definition) is 2. The smallest absolute Gasteiger partial charge is 0.236 e. The van der Waals surface area contributed by atoms with Gasteiger partial charge >= 0.3 is 0 Å². The molecular formula is C17H22N2O2. The van der Waals surface area contributed by atoms with Crippen LogP contribution in [-0.2, 0) is 15.0 Å². The maximum Gasteiger partial charge on any atom is 0.236 e. The second-order valence-corrected chi connectivity index (χ2v) is 7.38. The van der Waals surface area contributed by atoms with Crippen molar-refractivity contribution in [3.63, 3.8) is 0 Å². The lowest BCUT2D eigenvalue weighted by Gasteiger charge is -2.25. The van der Waals surface area contributed by atoms with Crippen LogP contribution < -0.4 is 5.32 Å². The first-order valence-corrected chi connectivity index (χ1v) is 7.51. The van der Waals surface area contributed by atoms with Gasteiger partial charge in [-0.05, 0) is 23.5 Å². The third kappa shape index (κ3) is 2.33. The predicted octanol–water partition coefficient (Wildman–Crippen LogP) is 2.55. The highest BCUT2D eigenvalue weighted by Gasteiger charge is 2.51. The lowest BCUT2D eigenvalue weighted by Crippen LogP contribution is -2.40. The van der Waals surface area contributed by atoms with Crippen LogP contribution in [0.3, 0.4) is 0 Å². The Labute approximate surface area is 125 Å². The molecule has 1 atom stereocenters. The van der Waals surface area contributed by atoms with Crippen molar-refractivity contribution in [1.29, 1.82) is 0 Å². The fraction of sp³-hybridized carbons (Fsp3) is 0.529. The summed E-state index contributed by atoms with van der Waals surface area (Å²) >= 11 is 0. The van der Waals surface area contributed by atoms with Crippen molar-refractivity contribution in [1.82, 2.24) is 4.90 Å². The Kier molecular flexibility index (Phi) is 3.08. The minimum atomic E-state index is -0.538. The number of benzene rings is 1. The molecule has 1 aromatic rings. The van der Waals surface area contributed by atoms with Crippen molar-refractivity contribution in [3.05, 3.63) is 29.8 Å². The molecule has 2 amide bonds. The van der Waals surface area contributed by atoms with Gasteiger partial charge in [-0.25, -0.2) is 0 Å². The number of carbonyl (C=O) groups is 2. The lowest BCUT2D eigenvalue weighted by atomic mass is 9.81. The zero-order valence-electron chi connectivity index (χ0n) is 12.9. The van der Waals surface area contributed by atoms with Gasteiger partial charge in [0.15, 0.2) is 0 Å². The molecule has 0 radical (unpaired) electrons. The number of fused-ring (bicyclic) bond motifs is 2. The Bertz CT molecular complexity index is 603. The monoisotopic (exact) mass is 286 g/mol. The summed E-state index contributed by atoms with van der Waals surface area (Å²) in [5.74, 6) is 0.186. The molecule has 0 saturated carbocycles. The van der Waals surface area contributed by atoms with E-state index in [-0.39, 0.29) is 17.2 Å². The zero-order chi connectivity index (χ0) is 15.3. The van der Waals surface area contributed by atoms with E-state index < -0.39 is 5.41 Å². The van der Waals surface area contributed by atoms with Gasteiger partial charge in [-0.3, -0.25) is 9.59 Å². The second kappa shape index (κ2) is 4.58. The number of nitrogens with one attached hydrogen (secondary N) is 1. The number of rotatable bonds is 1. The number of hydrogen-bond donors (Lipinski definition) is 1. The van der Waals surface area contributed by atoms with E-state index in [1.807, 2.05) is 29.2 Å². The standard InChI is InChI=1S/C17H22N2O2/c1-16(2,3)10-14(20)19-9-8-17(11-19)12-6-4-5-7-13(12)18-15(17)21/h4-7H,8-11H2,1-3H3,(H,18,21)/t17-/m0/s1. The van der Waals surface area contributed by atoms with Gasteiger partial charge in [0.1, 0.15) is 0 Å². The third-order valence-electron chi connectivity index (χ3n) is 4.43. The van der Waals surface area contributed by atoms with E-state index in [9.17, 15) is 9.59 Å². The molecule has 0 unspecified atom stereocenters. The normalized spacial score (nSPS) is 24.3. The van der Waals surface area contributed by atoms with Gasteiger partial charge in [0.05, 0.1) is 5.41 Å². The summed E-state index contributed by atoms with van der Waals surface area (Å²) in [6.07, 6.45) is 1.23. The van der Waals surface area contributed by atoms with E-state index in [1.54, 1.807) is 0 Å². The first kappa shape index (κ1) is 14.1. The van der Waals surface area contributed by atoms with Crippen molar-refractivity contribution < 1.29 is 9.59 Å². The minimum Gasteiger partial charge on any atom is -0.341 e. The van der Waals surface area contributed by atoms with Crippen molar-refractivity contribution in [2.75, 3.05) is 18.4 Å². The van der Waals surface area contributed by atoms with Gasteiger partial charge in [-0.15, -0.1) is 0 Å². The highest BCUT2D eigenvalue weighted by atomic mass is 16.2. The Balaban J connectivity index is 1.84. The summed E-state index contributed by atoms with van der Waals surface area (Å²) in [5.41, 5.74) is 1.38. The van der Waals surface area contributed by atoms with Gasteiger partial charge in [-0.1, -0.05) is 39.0 Å². The van der Waals surface area contributed by atoms with Gasteiger partial charge in [-0.2, -0.15) is 0 Å². The molecule has 1 saturated heterocycles. The lowest BCUT2D eigenvalue weighted by molar-refractivity contribution is -0.132. The molecule has 1 fully saturated rings. The number of anilines is 1. The fourth-order valence-electron chi connectivity index (χ4n) is 3.37. The van der Waals surface area contributed by atoms with E-state index in [0.717, 1.165) is 11.3 Å². The summed E-state index contributed by atoms with van der Waals surface area (Å²) in [4.78, 5) is 26.7. The quantitative estimate of drug-likeness (QED) is 0.862. The molecule has 2 heterocycles. The Hall–Kier alpha value is -1.84. The zero-order valence-corrected chi connectivity index (χ0v) is 12.9. The summed E-state index contributed by atoms with van der Waals surface area (Å²) in [5, 5.41) is 2.96. The molecule has 0 aromatic heterocycles. The number of amides is 2. The largest absolute Gasteiger partial charge is 0.341 e. The first-order chi connectivity index (χ1) is 9.82. The Morgan fingerprint density at radius 3 is 2.76 bits per heavy atom. The number of para-hydroxylation sites is 1. The van der Waals surface area contributed by atoms with Gasteiger partial charge < -0.3 is 10.2 Å². The van der Waals surface area contributed by atoms with E-state index in [2.05, 4.69) is 26.1 Å². The van der Waals surface area contributed by atoms with E-state index >= 15 is 0 Å². The molecular weight excluding hydrogens is 264 g/mol. The maximum atomic E-state index is 12.5. The predicted molar refractivity (Wildman–Crippen MR) is 82.0 cm³/mol. The molecule has 1 N–H and O–H groups in total. The molecule has 0 aliphatic carbocycles. The fourth-order valence-corrected chi connectivity index (χ4v) is 3.37. The van der Waals surface area contributed by atoms with Crippen molar-refractivity contribution in [2.24, 2.45) is 5.41 Å². The summed E-state index contributed by atoms with van der Waals surface area (Å²) in [6.45, 7) is 7.36. The Morgan fingerprint density at radius 2 is 2.05 bits per heavy atom. The summed E-state index contributed by atoms with van der Waals surface area (Å²) in [6, 6.07) is 7.82. The molecule has 2 aliphatic rings. The molecule has 112 valence electrons. The summed E-state index contributed by atoms with van der Waals surface area (Å²) in [7, 11) is 0. The highest BCUT2D eigenvalue weighted by Crippen LogP contribution is 2.44. The molecule has 1 aromatic carbocycles.